The highest BCUT2D eigenvalue weighted by Crippen LogP contribution is 2.09. The number of rotatable bonds is 4. The first-order valence-corrected chi connectivity index (χ1v) is 5.82. The monoisotopic (exact) mass is 222 g/mol. The number of piperidine rings is 1. The number of hydrogen-bond donors (Lipinski definition) is 2. The quantitative estimate of drug-likeness (QED) is 0.754. The minimum atomic E-state index is 0.145. The van der Waals surface area contributed by atoms with E-state index in [0.29, 0.717) is 6.54 Å². The molecule has 5 nitrogen and oxygen atoms in total. The van der Waals surface area contributed by atoms with Crippen LogP contribution < -0.4 is 10.6 Å². The molecule has 1 atom stereocenters. The lowest BCUT2D eigenvalue weighted by atomic mass is 9.99. The van der Waals surface area contributed by atoms with Crippen LogP contribution in [0.2, 0.25) is 0 Å². The maximum atomic E-state index is 11.7. The van der Waals surface area contributed by atoms with Crippen LogP contribution >= 0.6 is 0 Å². The second-order valence-electron chi connectivity index (χ2n) is 4.10. The van der Waals surface area contributed by atoms with Gasteiger partial charge in [0.2, 0.25) is 5.91 Å². The third-order valence-corrected chi connectivity index (χ3v) is 2.87. The Balaban J connectivity index is 1.67. The van der Waals surface area contributed by atoms with Crippen molar-refractivity contribution in [3.8, 4) is 0 Å². The van der Waals surface area contributed by atoms with Crippen LogP contribution in [0, 0.1) is 5.92 Å². The molecule has 1 aliphatic rings. The summed E-state index contributed by atoms with van der Waals surface area (Å²) in [7, 11) is 0. The van der Waals surface area contributed by atoms with Crippen LogP contribution in [0.4, 0.5) is 0 Å². The number of carbonyl (C=O) groups is 1. The van der Waals surface area contributed by atoms with Crippen LogP contribution in [0.25, 0.3) is 0 Å². The maximum Gasteiger partial charge on any atom is 0.224 e. The van der Waals surface area contributed by atoms with Gasteiger partial charge in [-0.3, -0.25) is 9.48 Å². The first kappa shape index (κ1) is 11.1. The van der Waals surface area contributed by atoms with Gasteiger partial charge in [0, 0.05) is 25.5 Å². The molecule has 0 bridgehead atoms. The average Bonchev–Trinajstić information content (AvgIpc) is 2.83. The largest absolute Gasteiger partial charge is 0.354 e. The molecule has 0 radical (unpaired) electrons. The predicted octanol–water partition coefficient (Wildman–Crippen LogP) is -0.00110. The summed E-state index contributed by atoms with van der Waals surface area (Å²) in [4.78, 5) is 11.7. The van der Waals surface area contributed by atoms with Crippen molar-refractivity contribution in [3.05, 3.63) is 18.5 Å². The van der Waals surface area contributed by atoms with Crippen molar-refractivity contribution in [3.63, 3.8) is 0 Å². The van der Waals surface area contributed by atoms with Gasteiger partial charge in [-0.1, -0.05) is 0 Å². The maximum absolute atomic E-state index is 11.7. The summed E-state index contributed by atoms with van der Waals surface area (Å²) in [5.41, 5.74) is 0. The Morgan fingerprint density at radius 2 is 2.56 bits per heavy atom. The van der Waals surface area contributed by atoms with Crippen molar-refractivity contribution >= 4 is 5.91 Å². The van der Waals surface area contributed by atoms with Gasteiger partial charge in [-0.15, -0.1) is 0 Å². The molecule has 2 heterocycles. The minimum Gasteiger partial charge on any atom is -0.354 e. The smallest absolute Gasteiger partial charge is 0.224 e. The second-order valence-corrected chi connectivity index (χ2v) is 4.10. The number of aromatic nitrogens is 2. The number of nitrogens with zero attached hydrogens (tertiary/aromatic N) is 2. The zero-order chi connectivity index (χ0) is 11.2. The fraction of sp³-hybridized carbons (Fsp3) is 0.636. The van der Waals surface area contributed by atoms with E-state index in [2.05, 4.69) is 15.7 Å². The predicted molar refractivity (Wildman–Crippen MR) is 60.8 cm³/mol. The van der Waals surface area contributed by atoms with Crippen molar-refractivity contribution < 1.29 is 4.79 Å². The highest BCUT2D eigenvalue weighted by Gasteiger charge is 2.19. The molecule has 0 spiro atoms. The van der Waals surface area contributed by atoms with Gasteiger partial charge in [-0.25, -0.2) is 0 Å². The Bertz CT molecular complexity index is 317. The van der Waals surface area contributed by atoms with E-state index in [1.165, 1.54) is 0 Å². The summed E-state index contributed by atoms with van der Waals surface area (Å²) < 4.78 is 1.82. The molecule has 1 aromatic heterocycles. The van der Waals surface area contributed by atoms with Crippen molar-refractivity contribution in [2.24, 2.45) is 5.92 Å². The lowest BCUT2D eigenvalue weighted by molar-refractivity contribution is -0.125. The van der Waals surface area contributed by atoms with Crippen LogP contribution in [-0.2, 0) is 11.3 Å². The Hall–Kier alpha value is -1.36. The molecular weight excluding hydrogens is 204 g/mol. The molecular formula is C11H18N4O. The number of nitrogens with one attached hydrogen (secondary N) is 2. The SMILES string of the molecule is O=C(NCCn1cccn1)C1CCCNC1. The minimum absolute atomic E-state index is 0.145. The average molecular weight is 222 g/mol. The highest BCUT2D eigenvalue weighted by atomic mass is 16.1. The topological polar surface area (TPSA) is 59.0 Å². The van der Waals surface area contributed by atoms with Gasteiger partial charge in [0.15, 0.2) is 0 Å². The van der Waals surface area contributed by atoms with E-state index < -0.39 is 0 Å². The fourth-order valence-electron chi connectivity index (χ4n) is 1.95. The molecule has 1 saturated heterocycles. The zero-order valence-corrected chi connectivity index (χ0v) is 9.35. The summed E-state index contributed by atoms with van der Waals surface area (Å²) in [6.45, 7) is 3.24. The van der Waals surface area contributed by atoms with Gasteiger partial charge in [0.1, 0.15) is 0 Å². The van der Waals surface area contributed by atoms with Crippen LogP contribution in [0.1, 0.15) is 12.8 Å². The van der Waals surface area contributed by atoms with E-state index in [1.807, 2.05) is 16.9 Å². The fourth-order valence-corrected chi connectivity index (χ4v) is 1.95. The Labute approximate surface area is 95.2 Å². The molecule has 1 unspecified atom stereocenters. The first-order chi connectivity index (χ1) is 7.86. The molecule has 0 saturated carbocycles. The third-order valence-electron chi connectivity index (χ3n) is 2.87. The van der Waals surface area contributed by atoms with Gasteiger partial charge < -0.3 is 10.6 Å². The summed E-state index contributed by atoms with van der Waals surface area (Å²) in [5.74, 6) is 0.311. The zero-order valence-electron chi connectivity index (χ0n) is 9.35. The lowest BCUT2D eigenvalue weighted by Gasteiger charge is -2.21. The van der Waals surface area contributed by atoms with E-state index >= 15 is 0 Å². The van der Waals surface area contributed by atoms with Gasteiger partial charge in [0.05, 0.1) is 12.5 Å². The van der Waals surface area contributed by atoms with Crippen molar-refractivity contribution in [2.45, 2.75) is 19.4 Å². The summed E-state index contributed by atoms with van der Waals surface area (Å²) in [6, 6.07) is 1.88. The van der Waals surface area contributed by atoms with Crippen molar-refractivity contribution in [2.75, 3.05) is 19.6 Å². The lowest BCUT2D eigenvalue weighted by Crippen LogP contribution is -2.41. The molecule has 1 aromatic rings. The van der Waals surface area contributed by atoms with Crippen LogP contribution in [0.3, 0.4) is 0 Å². The van der Waals surface area contributed by atoms with Crippen LogP contribution in [-0.4, -0.2) is 35.3 Å². The molecule has 1 amide bonds. The number of amides is 1. The Kier molecular flexibility index (Phi) is 3.93. The van der Waals surface area contributed by atoms with Crippen molar-refractivity contribution in [1.29, 1.82) is 0 Å². The van der Waals surface area contributed by atoms with Gasteiger partial charge >= 0.3 is 0 Å². The molecule has 2 N–H and O–H groups in total. The molecule has 2 rings (SSSR count). The van der Waals surface area contributed by atoms with Gasteiger partial charge in [-0.05, 0) is 25.5 Å². The van der Waals surface area contributed by atoms with Crippen LogP contribution in [0.5, 0.6) is 0 Å². The van der Waals surface area contributed by atoms with E-state index in [0.717, 1.165) is 32.5 Å². The molecule has 0 aromatic carbocycles. The molecule has 88 valence electrons. The summed E-state index contributed by atoms with van der Waals surface area (Å²) >= 11 is 0. The molecule has 1 aliphatic heterocycles. The summed E-state index contributed by atoms with van der Waals surface area (Å²) in [6.07, 6.45) is 5.74. The third kappa shape index (κ3) is 3.06. The highest BCUT2D eigenvalue weighted by molar-refractivity contribution is 5.78. The van der Waals surface area contributed by atoms with E-state index in [9.17, 15) is 4.79 Å². The van der Waals surface area contributed by atoms with Gasteiger partial charge in [-0.2, -0.15) is 5.10 Å². The second kappa shape index (κ2) is 5.65. The Morgan fingerprint density at radius 1 is 1.62 bits per heavy atom. The molecule has 5 heteroatoms. The Morgan fingerprint density at radius 3 is 3.25 bits per heavy atom. The molecule has 16 heavy (non-hydrogen) atoms. The van der Waals surface area contributed by atoms with E-state index in [-0.39, 0.29) is 11.8 Å². The molecule has 0 aliphatic carbocycles. The van der Waals surface area contributed by atoms with Crippen molar-refractivity contribution in [1.82, 2.24) is 20.4 Å². The van der Waals surface area contributed by atoms with E-state index in [4.69, 9.17) is 0 Å². The number of carbonyl (C=O) groups excluding carboxylic acids is 1. The van der Waals surface area contributed by atoms with E-state index in [1.54, 1.807) is 6.20 Å². The van der Waals surface area contributed by atoms with Gasteiger partial charge in [0.25, 0.3) is 0 Å². The normalized spacial score (nSPS) is 20.6. The number of hydrogen-bond acceptors (Lipinski definition) is 3. The van der Waals surface area contributed by atoms with Crippen LogP contribution in [0.15, 0.2) is 18.5 Å². The first-order valence-electron chi connectivity index (χ1n) is 5.82. The standard InChI is InChI=1S/C11H18N4O/c16-11(10-3-1-4-12-9-10)13-6-8-15-7-2-5-14-15/h2,5,7,10,12H,1,3-4,6,8-9H2,(H,13,16). The summed E-state index contributed by atoms with van der Waals surface area (Å²) in [5, 5.41) is 10.3. The molecule has 1 fully saturated rings.